The highest BCUT2D eigenvalue weighted by molar-refractivity contribution is 5.93. The van der Waals surface area contributed by atoms with Gasteiger partial charge in [-0.3, -0.25) is 19.4 Å². The Morgan fingerprint density at radius 1 is 1.02 bits per heavy atom. The summed E-state index contributed by atoms with van der Waals surface area (Å²) in [5.74, 6) is -0.268. The summed E-state index contributed by atoms with van der Waals surface area (Å²) < 4.78 is 11.5. The predicted octanol–water partition coefficient (Wildman–Crippen LogP) is 5.32. The van der Waals surface area contributed by atoms with Crippen LogP contribution in [-0.2, 0) is 29.0 Å². The summed E-state index contributed by atoms with van der Waals surface area (Å²) >= 11 is 0. The maximum absolute atomic E-state index is 12.3. The van der Waals surface area contributed by atoms with Crippen molar-refractivity contribution in [3.8, 4) is 11.5 Å². The van der Waals surface area contributed by atoms with E-state index in [0.29, 0.717) is 30.9 Å². The normalized spacial score (nSPS) is 17.7. The van der Waals surface area contributed by atoms with Crippen LogP contribution in [0.15, 0.2) is 49.6 Å². The van der Waals surface area contributed by atoms with Gasteiger partial charge in [-0.15, -0.1) is 13.2 Å². The van der Waals surface area contributed by atoms with Gasteiger partial charge in [-0.25, -0.2) is 4.79 Å². The molecular weight excluding hydrogens is 534 g/mol. The summed E-state index contributed by atoms with van der Waals surface area (Å²) in [6.07, 6.45) is 4.74. The van der Waals surface area contributed by atoms with Crippen molar-refractivity contribution in [3.05, 3.63) is 71.8 Å². The number of carboxylic acid groups (broad SMARTS) is 1. The molecule has 1 atom stereocenters. The van der Waals surface area contributed by atoms with E-state index in [-0.39, 0.29) is 37.1 Å². The number of urea groups is 1. The number of nitrogens with zero attached hydrogens (tertiary/aromatic N) is 3. The first-order chi connectivity index (χ1) is 20.1. The number of carbonyl (C=O) groups is 3. The van der Waals surface area contributed by atoms with Crippen molar-refractivity contribution in [2.45, 2.75) is 64.6 Å². The fourth-order valence-corrected chi connectivity index (χ4v) is 5.70. The molecule has 0 spiro atoms. The Hall–Kier alpha value is -3.85. The minimum atomic E-state index is -0.722. The Bertz CT molecular complexity index is 1260. The van der Waals surface area contributed by atoms with Crippen LogP contribution in [0.1, 0.15) is 61.4 Å². The molecule has 3 amide bonds. The molecule has 2 aromatic carbocycles. The van der Waals surface area contributed by atoms with Crippen molar-refractivity contribution in [1.29, 1.82) is 0 Å². The molecule has 9 heteroatoms. The summed E-state index contributed by atoms with van der Waals surface area (Å²) in [5.41, 5.74) is 5.16. The standard InChI is InChI=1S/C31H41N3O6.C2H4/c1-20(24-11-10-23-7-6-8-25(23)16-24)34(27-17-26(18-27)30(36)37)19-22-9-12-28(29(15-22)39-5)40-14-13-33(21(2)35)31(38)32(3)4;1-2/h9-12,15-16,20,26-27H,6-8,13-14,17-19H2,1-5H3,(H,36,37);1-2H2/t20-,26?,27?;/m1./s1. The predicted molar refractivity (Wildman–Crippen MR) is 163 cm³/mol. The molecule has 1 N–H and O–H groups in total. The van der Waals surface area contributed by atoms with E-state index in [0.717, 1.165) is 23.3 Å². The zero-order valence-corrected chi connectivity index (χ0v) is 25.6. The summed E-state index contributed by atoms with van der Waals surface area (Å²) in [7, 11) is 4.78. The minimum absolute atomic E-state index is 0.121. The van der Waals surface area contributed by atoms with Crippen LogP contribution in [0, 0.1) is 5.92 Å². The highest BCUT2D eigenvalue weighted by Gasteiger charge is 2.40. The quantitative estimate of drug-likeness (QED) is 0.360. The second kappa shape index (κ2) is 14.9. The fraction of sp³-hybridized carbons (Fsp3) is 0.485. The molecule has 0 aromatic heterocycles. The van der Waals surface area contributed by atoms with E-state index in [4.69, 9.17) is 9.47 Å². The molecule has 1 saturated carbocycles. The van der Waals surface area contributed by atoms with Crippen LogP contribution in [0.25, 0.3) is 0 Å². The third kappa shape index (κ3) is 7.70. The molecular formula is C33H45N3O6. The molecule has 0 aliphatic heterocycles. The van der Waals surface area contributed by atoms with Crippen LogP contribution in [0.5, 0.6) is 11.5 Å². The fourth-order valence-electron chi connectivity index (χ4n) is 5.70. The van der Waals surface area contributed by atoms with Crippen molar-refractivity contribution in [2.75, 3.05) is 34.4 Å². The zero-order chi connectivity index (χ0) is 31.0. The number of carboxylic acids is 1. The topological polar surface area (TPSA) is 99.6 Å². The Kier molecular flexibility index (Phi) is 11.6. The lowest BCUT2D eigenvalue weighted by atomic mass is 9.78. The number of fused-ring (bicyclic) bond motifs is 1. The van der Waals surface area contributed by atoms with Gasteiger partial charge in [0.05, 0.1) is 19.6 Å². The van der Waals surface area contributed by atoms with Gasteiger partial charge in [0.15, 0.2) is 11.5 Å². The second-order valence-corrected chi connectivity index (χ2v) is 11.1. The van der Waals surface area contributed by atoms with Gasteiger partial charge < -0.3 is 19.5 Å². The van der Waals surface area contributed by atoms with Gasteiger partial charge in [-0.05, 0) is 73.4 Å². The average molecular weight is 580 g/mol. The number of hydrogen-bond acceptors (Lipinski definition) is 6. The summed E-state index contributed by atoms with van der Waals surface area (Å²) in [5, 5.41) is 9.48. The first kappa shape index (κ1) is 32.7. The number of hydrogen-bond donors (Lipinski definition) is 1. The molecule has 0 heterocycles. The first-order valence-electron chi connectivity index (χ1n) is 14.5. The van der Waals surface area contributed by atoms with E-state index >= 15 is 0 Å². The van der Waals surface area contributed by atoms with Crippen molar-refractivity contribution >= 4 is 17.9 Å². The van der Waals surface area contributed by atoms with Gasteiger partial charge in [-0.1, -0.05) is 24.3 Å². The Labute approximate surface area is 249 Å². The van der Waals surface area contributed by atoms with E-state index in [9.17, 15) is 19.5 Å². The molecule has 0 bridgehead atoms. The number of aryl methyl sites for hydroxylation is 2. The van der Waals surface area contributed by atoms with Crippen LogP contribution in [-0.4, -0.2) is 78.1 Å². The second-order valence-electron chi connectivity index (χ2n) is 11.1. The largest absolute Gasteiger partial charge is 0.493 e. The van der Waals surface area contributed by atoms with E-state index < -0.39 is 12.0 Å². The van der Waals surface area contributed by atoms with Crippen LogP contribution in [0.3, 0.4) is 0 Å². The SMILES string of the molecule is C=C.COc1cc(CN(C2CC(C(=O)O)C2)[C@H](C)c2ccc3c(c2)CCC3)ccc1OCCN(C(C)=O)C(=O)N(C)C. The molecule has 0 saturated heterocycles. The molecule has 1 fully saturated rings. The van der Waals surface area contributed by atoms with Crippen LogP contribution in [0.4, 0.5) is 4.79 Å². The lowest BCUT2D eigenvalue weighted by molar-refractivity contribution is -0.147. The van der Waals surface area contributed by atoms with Gasteiger partial charge in [0.25, 0.3) is 0 Å². The zero-order valence-electron chi connectivity index (χ0n) is 25.6. The third-order valence-electron chi connectivity index (χ3n) is 8.19. The lowest BCUT2D eigenvalue weighted by Gasteiger charge is -2.44. The Morgan fingerprint density at radius 2 is 1.71 bits per heavy atom. The van der Waals surface area contributed by atoms with Gasteiger partial charge in [0.1, 0.15) is 6.61 Å². The average Bonchev–Trinajstić information content (AvgIpc) is 3.42. The maximum Gasteiger partial charge on any atom is 0.326 e. The molecule has 2 aromatic rings. The van der Waals surface area contributed by atoms with E-state index in [1.165, 1.54) is 34.9 Å². The molecule has 0 unspecified atom stereocenters. The smallest absolute Gasteiger partial charge is 0.326 e. The van der Waals surface area contributed by atoms with E-state index in [1.807, 2.05) is 18.2 Å². The van der Waals surface area contributed by atoms with Crippen molar-refractivity contribution < 1.29 is 29.0 Å². The Morgan fingerprint density at radius 3 is 2.33 bits per heavy atom. The summed E-state index contributed by atoms with van der Waals surface area (Å²) in [4.78, 5) is 40.6. The van der Waals surface area contributed by atoms with E-state index in [2.05, 4.69) is 43.2 Å². The number of rotatable bonds is 11. The van der Waals surface area contributed by atoms with Crippen LogP contribution < -0.4 is 9.47 Å². The monoisotopic (exact) mass is 579 g/mol. The lowest BCUT2D eigenvalue weighted by Crippen LogP contribution is -2.47. The summed E-state index contributed by atoms with van der Waals surface area (Å²) in [6, 6.07) is 12.5. The first-order valence-corrected chi connectivity index (χ1v) is 14.5. The number of benzene rings is 2. The molecule has 4 rings (SSSR count). The number of aliphatic carboxylic acids is 1. The number of methoxy groups -OCH3 is 1. The number of ether oxygens (including phenoxy) is 2. The molecule has 0 radical (unpaired) electrons. The van der Waals surface area contributed by atoms with Gasteiger partial charge in [0.2, 0.25) is 5.91 Å². The van der Waals surface area contributed by atoms with E-state index in [1.54, 1.807) is 21.2 Å². The molecule has 2 aliphatic rings. The molecule has 9 nitrogen and oxygen atoms in total. The van der Waals surface area contributed by atoms with Crippen LogP contribution >= 0.6 is 0 Å². The van der Waals surface area contributed by atoms with Crippen molar-refractivity contribution in [1.82, 2.24) is 14.7 Å². The summed E-state index contributed by atoms with van der Waals surface area (Å²) in [6.45, 7) is 10.5. The molecule has 228 valence electrons. The van der Waals surface area contributed by atoms with Gasteiger partial charge >= 0.3 is 12.0 Å². The van der Waals surface area contributed by atoms with Gasteiger partial charge in [-0.2, -0.15) is 0 Å². The maximum atomic E-state index is 12.3. The van der Waals surface area contributed by atoms with Crippen molar-refractivity contribution in [3.63, 3.8) is 0 Å². The van der Waals surface area contributed by atoms with Gasteiger partial charge in [0, 0.05) is 39.6 Å². The molecule has 2 aliphatic carbocycles. The number of carbonyl (C=O) groups excluding carboxylic acids is 2. The minimum Gasteiger partial charge on any atom is -0.493 e. The highest BCUT2D eigenvalue weighted by atomic mass is 16.5. The number of amides is 3. The number of imide groups is 1. The highest BCUT2D eigenvalue weighted by Crippen LogP contribution is 2.39. The Balaban J connectivity index is 0.00000237. The van der Waals surface area contributed by atoms with Crippen molar-refractivity contribution in [2.24, 2.45) is 5.92 Å². The third-order valence-corrected chi connectivity index (χ3v) is 8.19. The molecule has 42 heavy (non-hydrogen) atoms. The van der Waals surface area contributed by atoms with Crippen LogP contribution in [0.2, 0.25) is 0 Å².